The Morgan fingerprint density at radius 1 is 1.27 bits per heavy atom. The summed E-state index contributed by atoms with van der Waals surface area (Å²) in [7, 11) is 0. The molecular weight excluding hydrogens is 184 g/mol. The van der Waals surface area contributed by atoms with Gasteiger partial charge in [0.25, 0.3) is 0 Å². The van der Waals surface area contributed by atoms with Gasteiger partial charge in [-0.15, -0.1) is 0 Å². The van der Waals surface area contributed by atoms with E-state index in [9.17, 15) is 0 Å². The Morgan fingerprint density at radius 3 is 2.67 bits per heavy atom. The van der Waals surface area contributed by atoms with E-state index in [0.29, 0.717) is 5.41 Å². The summed E-state index contributed by atoms with van der Waals surface area (Å²) in [4.78, 5) is 0. The molecule has 0 amide bonds. The molecule has 0 radical (unpaired) electrons. The number of aromatic nitrogens is 2. The first-order chi connectivity index (χ1) is 6.94. The normalized spacial score (nSPS) is 12.3. The van der Waals surface area contributed by atoms with Crippen molar-refractivity contribution in [1.29, 1.82) is 0 Å². The van der Waals surface area contributed by atoms with Crippen LogP contribution < -0.4 is 0 Å². The highest BCUT2D eigenvalue weighted by Gasteiger charge is 2.11. The predicted molar refractivity (Wildman–Crippen MR) is 63.1 cm³/mol. The highest BCUT2D eigenvalue weighted by atomic mass is 15.2. The maximum atomic E-state index is 4.37. The van der Waals surface area contributed by atoms with Crippen LogP contribution in [0.3, 0.4) is 0 Å². The molecule has 0 unspecified atom stereocenters. The van der Waals surface area contributed by atoms with E-state index >= 15 is 0 Å². The fraction of sp³-hybridized carbons (Fsp3) is 0.462. The Bertz CT molecular complexity index is 475. The van der Waals surface area contributed by atoms with E-state index in [-0.39, 0.29) is 0 Å². The van der Waals surface area contributed by atoms with Gasteiger partial charge in [0, 0.05) is 6.20 Å². The van der Waals surface area contributed by atoms with Crippen LogP contribution in [0, 0.1) is 12.3 Å². The van der Waals surface area contributed by atoms with Gasteiger partial charge in [-0.3, -0.25) is 0 Å². The molecule has 0 aliphatic heterocycles. The minimum atomic E-state index is 0.341. The molecule has 0 saturated heterocycles. The Morgan fingerprint density at radius 2 is 2.00 bits per heavy atom. The molecular formula is C13H18N2. The lowest BCUT2D eigenvalue weighted by atomic mass is 9.88. The van der Waals surface area contributed by atoms with E-state index in [1.54, 1.807) is 0 Å². The van der Waals surface area contributed by atoms with E-state index in [0.717, 1.165) is 12.1 Å². The van der Waals surface area contributed by atoms with Crippen molar-refractivity contribution in [3.8, 4) is 0 Å². The van der Waals surface area contributed by atoms with E-state index in [2.05, 4.69) is 44.1 Å². The number of pyridine rings is 1. The van der Waals surface area contributed by atoms with Crippen LogP contribution in [-0.2, 0) is 6.42 Å². The molecule has 0 atom stereocenters. The van der Waals surface area contributed by atoms with Crippen molar-refractivity contribution in [2.75, 3.05) is 0 Å². The molecule has 2 aromatic rings. The number of hydrogen-bond donors (Lipinski definition) is 0. The lowest BCUT2D eigenvalue weighted by molar-refractivity contribution is 0.411. The SMILES string of the molecule is Cc1cc2cc(CC(C)(C)C)ccn2n1. The fourth-order valence-electron chi connectivity index (χ4n) is 1.89. The van der Waals surface area contributed by atoms with Crippen molar-refractivity contribution >= 4 is 5.52 Å². The average Bonchev–Trinajstić information content (AvgIpc) is 2.40. The smallest absolute Gasteiger partial charge is 0.0667 e. The summed E-state index contributed by atoms with van der Waals surface area (Å²) in [5, 5.41) is 4.37. The molecule has 2 nitrogen and oxygen atoms in total. The largest absolute Gasteiger partial charge is 0.241 e. The highest BCUT2D eigenvalue weighted by molar-refractivity contribution is 5.49. The van der Waals surface area contributed by atoms with Crippen LogP contribution in [-0.4, -0.2) is 9.61 Å². The quantitative estimate of drug-likeness (QED) is 0.694. The zero-order valence-electron chi connectivity index (χ0n) is 9.91. The van der Waals surface area contributed by atoms with Gasteiger partial charge in [0.2, 0.25) is 0 Å². The Labute approximate surface area is 90.9 Å². The molecule has 2 aromatic heterocycles. The van der Waals surface area contributed by atoms with Crippen LogP contribution >= 0.6 is 0 Å². The number of nitrogens with zero attached hydrogens (tertiary/aromatic N) is 2. The topological polar surface area (TPSA) is 17.3 Å². The van der Waals surface area contributed by atoms with Gasteiger partial charge in [-0.25, -0.2) is 4.52 Å². The molecule has 0 spiro atoms. The summed E-state index contributed by atoms with van der Waals surface area (Å²) in [6.07, 6.45) is 3.15. The van der Waals surface area contributed by atoms with Crippen molar-refractivity contribution in [3.63, 3.8) is 0 Å². The van der Waals surface area contributed by atoms with Gasteiger partial charge in [-0.1, -0.05) is 20.8 Å². The molecule has 0 fully saturated rings. The van der Waals surface area contributed by atoms with E-state index in [1.165, 1.54) is 11.1 Å². The second-order valence-corrected chi connectivity index (χ2v) is 5.43. The van der Waals surface area contributed by atoms with Crippen molar-refractivity contribution in [2.45, 2.75) is 34.1 Å². The molecule has 0 aliphatic rings. The van der Waals surface area contributed by atoms with Crippen LogP contribution in [0.2, 0.25) is 0 Å². The lowest BCUT2D eigenvalue weighted by Gasteiger charge is -2.17. The van der Waals surface area contributed by atoms with E-state index in [1.807, 2.05) is 17.6 Å². The highest BCUT2D eigenvalue weighted by Crippen LogP contribution is 2.21. The summed E-state index contributed by atoms with van der Waals surface area (Å²) in [6, 6.07) is 6.50. The number of hydrogen-bond acceptors (Lipinski definition) is 1. The molecule has 2 heterocycles. The van der Waals surface area contributed by atoms with Gasteiger partial charge >= 0.3 is 0 Å². The molecule has 0 N–H and O–H groups in total. The zero-order chi connectivity index (χ0) is 11.1. The number of fused-ring (bicyclic) bond motifs is 1. The molecule has 0 aromatic carbocycles. The molecule has 2 rings (SSSR count). The molecule has 15 heavy (non-hydrogen) atoms. The van der Waals surface area contributed by atoms with Crippen molar-refractivity contribution in [1.82, 2.24) is 9.61 Å². The van der Waals surface area contributed by atoms with Crippen LogP contribution in [0.5, 0.6) is 0 Å². The van der Waals surface area contributed by atoms with Gasteiger partial charge < -0.3 is 0 Å². The fourth-order valence-corrected chi connectivity index (χ4v) is 1.89. The second-order valence-electron chi connectivity index (χ2n) is 5.43. The van der Waals surface area contributed by atoms with Gasteiger partial charge in [-0.05, 0) is 42.5 Å². The summed E-state index contributed by atoms with van der Waals surface area (Å²) in [5.74, 6) is 0. The van der Waals surface area contributed by atoms with Gasteiger partial charge in [-0.2, -0.15) is 5.10 Å². The van der Waals surface area contributed by atoms with Gasteiger partial charge in [0.05, 0.1) is 11.2 Å². The number of aryl methyl sites for hydroxylation is 1. The standard InChI is InChI=1S/C13H18N2/c1-10-7-12-8-11(9-13(2,3)4)5-6-15(12)14-10/h5-8H,9H2,1-4H3. The van der Waals surface area contributed by atoms with E-state index in [4.69, 9.17) is 0 Å². The second kappa shape index (κ2) is 3.37. The van der Waals surface area contributed by atoms with Crippen LogP contribution in [0.15, 0.2) is 24.4 Å². The molecule has 80 valence electrons. The van der Waals surface area contributed by atoms with Crippen molar-refractivity contribution in [3.05, 3.63) is 35.7 Å². The molecule has 0 saturated carbocycles. The average molecular weight is 202 g/mol. The zero-order valence-corrected chi connectivity index (χ0v) is 9.91. The Kier molecular flexibility index (Phi) is 2.29. The minimum absolute atomic E-state index is 0.341. The summed E-state index contributed by atoms with van der Waals surface area (Å²) < 4.78 is 1.93. The molecule has 2 heteroatoms. The molecule has 0 aliphatic carbocycles. The summed E-state index contributed by atoms with van der Waals surface area (Å²) in [5.41, 5.74) is 3.99. The first-order valence-corrected chi connectivity index (χ1v) is 5.39. The first-order valence-electron chi connectivity index (χ1n) is 5.39. The maximum Gasteiger partial charge on any atom is 0.0667 e. The third-order valence-corrected chi connectivity index (χ3v) is 2.38. The van der Waals surface area contributed by atoms with Crippen LogP contribution in [0.1, 0.15) is 32.0 Å². The Hall–Kier alpha value is -1.31. The maximum absolute atomic E-state index is 4.37. The number of rotatable bonds is 1. The van der Waals surface area contributed by atoms with Crippen molar-refractivity contribution in [2.24, 2.45) is 5.41 Å². The first kappa shape index (κ1) is 10.2. The summed E-state index contributed by atoms with van der Waals surface area (Å²) in [6.45, 7) is 8.81. The monoisotopic (exact) mass is 202 g/mol. The van der Waals surface area contributed by atoms with E-state index < -0.39 is 0 Å². The third kappa shape index (κ3) is 2.38. The lowest BCUT2D eigenvalue weighted by Crippen LogP contribution is -2.09. The predicted octanol–water partition coefficient (Wildman–Crippen LogP) is 3.23. The van der Waals surface area contributed by atoms with Gasteiger partial charge in [0.15, 0.2) is 0 Å². The van der Waals surface area contributed by atoms with Crippen LogP contribution in [0.25, 0.3) is 5.52 Å². The Balaban J connectivity index is 2.38. The molecule has 0 bridgehead atoms. The third-order valence-electron chi connectivity index (χ3n) is 2.38. The van der Waals surface area contributed by atoms with Crippen molar-refractivity contribution < 1.29 is 0 Å². The minimum Gasteiger partial charge on any atom is -0.241 e. The van der Waals surface area contributed by atoms with Crippen LogP contribution in [0.4, 0.5) is 0 Å². The van der Waals surface area contributed by atoms with Gasteiger partial charge in [0.1, 0.15) is 0 Å². The summed E-state index contributed by atoms with van der Waals surface area (Å²) >= 11 is 0.